The van der Waals surface area contributed by atoms with Crippen molar-refractivity contribution < 1.29 is 23.0 Å². The molecule has 1 fully saturated rings. The van der Waals surface area contributed by atoms with E-state index in [9.17, 15) is 8.42 Å². The lowest BCUT2D eigenvalue weighted by Crippen LogP contribution is -2.25. The maximum atomic E-state index is 12.2. The van der Waals surface area contributed by atoms with Crippen molar-refractivity contribution in [3.8, 4) is 5.75 Å². The SMILES string of the molecule is O=S(=O)(NCCCOCCO)c1cccc(OCC2CC2)c1. The fraction of sp³-hybridized carbons (Fsp3) is 0.600. The molecule has 1 aromatic carbocycles. The van der Waals surface area contributed by atoms with Crippen molar-refractivity contribution in [3.05, 3.63) is 24.3 Å². The van der Waals surface area contributed by atoms with Crippen molar-refractivity contribution in [2.75, 3.05) is 33.0 Å². The highest BCUT2D eigenvalue weighted by molar-refractivity contribution is 7.89. The van der Waals surface area contributed by atoms with Gasteiger partial charge in [0.05, 0.1) is 24.7 Å². The second-order valence-electron chi connectivity index (χ2n) is 5.32. The second kappa shape index (κ2) is 8.47. The van der Waals surface area contributed by atoms with E-state index in [0.717, 1.165) is 0 Å². The summed E-state index contributed by atoms with van der Waals surface area (Å²) in [6.45, 7) is 1.60. The first-order chi connectivity index (χ1) is 10.6. The maximum absolute atomic E-state index is 12.2. The highest BCUT2D eigenvalue weighted by Crippen LogP contribution is 2.29. The van der Waals surface area contributed by atoms with Crippen molar-refractivity contribution in [1.29, 1.82) is 0 Å². The molecule has 0 atom stereocenters. The van der Waals surface area contributed by atoms with E-state index < -0.39 is 10.0 Å². The van der Waals surface area contributed by atoms with E-state index in [4.69, 9.17) is 14.6 Å². The van der Waals surface area contributed by atoms with Gasteiger partial charge in [-0.1, -0.05) is 6.07 Å². The third-order valence-electron chi connectivity index (χ3n) is 3.29. The number of sulfonamides is 1. The summed E-state index contributed by atoms with van der Waals surface area (Å²) in [5, 5.41) is 8.56. The summed E-state index contributed by atoms with van der Waals surface area (Å²) in [4.78, 5) is 0.206. The fourth-order valence-corrected chi connectivity index (χ4v) is 2.97. The van der Waals surface area contributed by atoms with E-state index in [0.29, 0.717) is 37.8 Å². The molecule has 0 radical (unpaired) electrons. The normalized spacial score (nSPS) is 15.0. The Kier molecular flexibility index (Phi) is 6.63. The van der Waals surface area contributed by atoms with E-state index in [1.807, 2.05) is 0 Å². The van der Waals surface area contributed by atoms with E-state index >= 15 is 0 Å². The Bertz CT molecular complexity index is 557. The quantitative estimate of drug-likeness (QED) is 0.595. The van der Waals surface area contributed by atoms with Crippen LogP contribution >= 0.6 is 0 Å². The van der Waals surface area contributed by atoms with Crippen LogP contribution in [0.25, 0.3) is 0 Å². The molecule has 2 rings (SSSR count). The predicted molar refractivity (Wildman–Crippen MR) is 82.4 cm³/mol. The number of aliphatic hydroxyl groups excluding tert-OH is 1. The molecule has 2 N–H and O–H groups in total. The smallest absolute Gasteiger partial charge is 0.240 e. The summed E-state index contributed by atoms with van der Waals surface area (Å²) in [6, 6.07) is 6.55. The predicted octanol–water partition coefficient (Wildman–Crippen LogP) is 1.15. The van der Waals surface area contributed by atoms with Crippen molar-refractivity contribution in [2.45, 2.75) is 24.2 Å². The van der Waals surface area contributed by atoms with Crippen molar-refractivity contribution in [1.82, 2.24) is 4.72 Å². The summed E-state index contributed by atoms with van der Waals surface area (Å²) in [5.74, 6) is 1.21. The van der Waals surface area contributed by atoms with Gasteiger partial charge in [-0.15, -0.1) is 0 Å². The molecule has 7 heteroatoms. The lowest BCUT2D eigenvalue weighted by Gasteiger charge is -2.09. The van der Waals surface area contributed by atoms with Crippen LogP contribution < -0.4 is 9.46 Å². The number of aliphatic hydroxyl groups is 1. The van der Waals surface area contributed by atoms with Gasteiger partial charge in [0.25, 0.3) is 0 Å². The summed E-state index contributed by atoms with van der Waals surface area (Å²) in [5.41, 5.74) is 0. The van der Waals surface area contributed by atoms with Crippen LogP contribution in [0.15, 0.2) is 29.2 Å². The Hall–Kier alpha value is -1.15. The molecule has 1 saturated carbocycles. The first-order valence-electron chi connectivity index (χ1n) is 7.53. The second-order valence-corrected chi connectivity index (χ2v) is 7.08. The molecule has 1 aromatic rings. The van der Waals surface area contributed by atoms with Gasteiger partial charge in [0.1, 0.15) is 5.75 Å². The zero-order valence-corrected chi connectivity index (χ0v) is 13.3. The molecule has 0 heterocycles. The standard InChI is InChI=1S/C15H23NO5S/c17-8-10-20-9-2-7-16-22(18,19)15-4-1-3-14(11-15)21-12-13-5-6-13/h1,3-4,11,13,16-17H,2,5-10,12H2. The van der Waals surface area contributed by atoms with Crippen molar-refractivity contribution in [3.63, 3.8) is 0 Å². The first-order valence-corrected chi connectivity index (χ1v) is 9.01. The summed E-state index contributed by atoms with van der Waals surface area (Å²) >= 11 is 0. The Morgan fingerprint density at radius 1 is 1.27 bits per heavy atom. The number of benzene rings is 1. The molecule has 0 bridgehead atoms. The molecular weight excluding hydrogens is 306 g/mol. The van der Waals surface area contributed by atoms with E-state index in [2.05, 4.69) is 4.72 Å². The van der Waals surface area contributed by atoms with Crippen LogP contribution in [-0.2, 0) is 14.8 Å². The van der Waals surface area contributed by atoms with E-state index in [1.54, 1.807) is 24.3 Å². The molecule has 0 saturated heterocycles. The highest BCUT2D eigenvalue weighted by atomic mass is 32.2. The van der Waals surface area contributed by atoms with E-state index in [1.165, 1.54) is 12.8 Å². The van der Waals surface area contributed by atoms with Gasteiger partial charge in [-0.25, -0.2) is 13.1 Å². The minimum absolute atomic E-state index is 0.0284. The van der Waals surface area contributed by atoms with Crippen LogP contribution in [0.1, 0.15) is 19.3 Å². The Labute approximate surface area is 131 Å². The van der Waals surface area contributed by atoms with Crippen LogP contribution in [0.5, 0.6) is 5.75 Å². The minimum Gasteiger partial charge on any atom is -0.493 e. The summed E-state index contributed by atoms with van der Waals surface area (Å²) < 4.78 is 37.6. The molecular formula is C15H23NO5S. The molecule has 1 aliphatic carbocycles. The monoisotopic (exact) mass is 329 g/mol. The van der Waals surface area contributed by atoms with Gasteiger partial charge in [0.2, 0.25) is 10.0 Å². The lowest BCUT2D eigenvalue weighted by atomic mass is 10.3. The molecule has 0 amide bonds. The maximum Gasteiger partial charge on any atom is 0.240 e. The lowest BCUT2D eigenvalue weighted by molar-refractivity contribution is 0.0913. The molecule has 22 heavy (non-hydrogen) atoms. The van der Waals surface area contributed by atoms with Gasteiger partial charge >= 0.3 is 0 Å². The average molecular weight is 329 g/mol. The Morgan fingerprint density at radius 3 is 2.82 bits per heavy atom. The van der Waals surface area contributed by atoms with Crippen LogP contribution in [0.4, 0.5) is 0 Å². The minimum atomic E-state index is -3.53. The third-order valence-corrected chi connectivity index (χ3v) is 4.75. The molecule has 0 spiro atoms. The van der Waals surface area contributed by atoms with Crippen LogP contribution in [0, 0.1) is 5.92 Å². The van der Waals surface area contributed by atoms with Gasteiger partial charge in [-0.2, -0.15) is 0 Å². The van der Waals surface area contributed by atoms with Crippen LogP contribution in [0.3, 0.4) is 0 Å². The zero-order chi connectivity index (χ0) is 15.8. The van der Waals surface area contributed by atoms with Gasteiger partial charge < -0.3 is 14.6 Å². The largest absolute Gasteiger partial charge is 0.493 e. The fourth-order valence-electron chi connectivity index (χ4n) is 1.86. The van der Waals surface area contributed by atoms with Gasteiger partial charge in [-0.3, -0.25) is 0 Å². The molecule has 0 aliphatic heterocycles. The number of hydrogen-bond acceptors (Lipinski definition) is 5. The molecule has 124 valence electrons. The highest BCUT2D eigenvalue weighted by Gasteiger charge is 2.22. The Morgan fingerprint density at radius 2 is 2.09 bits per heavy atom. The Balaban J connectivity index is 1.81. The van der Waals surface area contributed by atoms with Crippen LogP contribution in [-0.4, -0.2) is 46.5 Å². The topological polar surface area (TPSA) is 84.9 Å². The van der Waals surface area contributed by atoms with Crippen molar-refractivity contribution >= 4 is 10.0 Å². The molecule has 0 aromatic heterocycles. The zero-order valence-electron chi connectivity index (χ0n) is 12.5. The van der Waals surface area contributed by atoms with Gasteiger partial charge in [-0.05, 0) is 37.3 Å². The first kappa shape index (κ1) is 17.2. The van der Waals surface area contributed by atoms with E-state index in [-0.39, 0.29) is 18.1 Å². The van der Waals surface area contributed by atoms with Crippen LogP contribution in [0.2, 0.25) is 0 Å². The molecule has 6 nitrogen and oxygen atoms in total. The van der Waals surface area contributed by atoms with Gasteiger partial charge in [0.15, 0.2) is 0 Å². The van der Waals surface area contributed by atoms with Crippen molar-refractivity contribution in [2.24, 2.45) is 5.92 Å². The molecule has 0 unspecified atom stereocenters. The average Bonchev–Trinajstić information content (AvgIpc) is 3.33. The summed E-state index contributed by atoms with van der Waals surface area (Å²) in [7, 11) is -3.53. The third kappa shape index (κ3) is 5.92. The molecule has 1 aliphatic rings. The number of ether oxygens (including phenoxy) is 2. The van der Waals surface area contributed by atoms with Gasteiger partial charge in [0, 0.05) is 19.2 Å². The number of rotatable bonds is 11. The summed E-state index contributed by atoms with van der Waals surface area (Å²) in [6.07, 6.45) is 2.94. The number of nitrogens with one attached hydrogen (secondary N) is 1. The number of hydrogen-bond donors (Lipinski definition) is 2.